The molecule has 1 aromatic heterocycles. The quantitative estimate of drug-likeness (QED) is 0.759. The third-order valence-electron chi connectivity index (χ3n) is 3.40. The molecule has 86 valence electrons. The van der Waals surface area contributed by atoms with Crippen LogP contribution in [0.25, 0.3) is 0 Å². The number of nitrogens with two attached hydrogens (primary N) is 1. The highest BCUT2D eigenvalue weighted by atomic mass is 16.5. The van der Waals surface area contributed by atoms with E-state index < -0.39 is 0 Å². The van der Waals surface area contributed by atoms with Crippen LogP contribution in [0.15, 0.2) is 12.3 Å². The molecule has 5 nitrogen and oxygen atoms in total. The average Bonchev–Trinajstić information content (AvgIpc) is 2.76. The Morgan fingerprint density at radius 1 is 1.44 bits per heavy atom. The predicted molar refractivity (Wildman–Crippen MR) is 61.2 cm³/mol. The number of aromatic nitrogens is 2. The number of rotatable bonds is 1. The van der Waals surface area contributed by atoms with Crippen molar-refractivity contribution in [1.29, 1.82) is 0 Å². The van der Waals surface area contributed by atoms with Gasteiger partial charge in [0.25, 0.3) is 0 Å². The van der Waals surface area contributed by atoms with Crippen molar-refractivity contribution in [2.45, 2.75) is 31.4 Å². The van der Waals surface area contributed by atoms with Crippen molar-refractivity contribution in [3.8, 4) is 0 Å². The Labute approximate surface area is 94.6 Å². The second-order valence-corrected chi connectivity index (χ2v) is 4.38. The van der Waals surface area contributed by atoms with Crippen molar-refractivity contribution in [2.24, 2.45) is 0 Å². The van der Waals surface area contributed by atoms with Crippen LogP contribution in [-0.4, -0.2) is 35.3 Å². The maximum Gasteiger partial charge on any atom is 0.227 e. The van der Waals surface area contributed by atoms with Gasteiger partial charge in [0.05, 0.1) is 18.8 Å². The topological polar surface area (TPSA) is 64.3 Å². The van der Waals surface area contributed by atoms with Gasteiger partial charge in [0.1, 0.15) is 5.82 Å². The molecule has 2 unspecified atom stereocenters. The number of fused-ring (bicyclic) bond motifs is 1. The molecule has 0 amide bonds. The molecule has 2 heterocycles. The highest BCUT2D eigenvalue weighted by Crippen LogP contribution is 2.31. The van der Waals surface area contributed by atoms with Crippen LogP contribution in [0.1, 0.15) is 19.3 Å². The number of nitrogens with zero attached hydrogens (tertiary/aromatic N) is 3. The van der Waals surface area contributed by atoms with Crippen molar-refractivity contribution in [3.05, 3.63) is 12.3 Å². The summed E-state index contributed by atoms with van der Waals surface area (Å²) in [6.07, 6.45) is 5.64. The minimum atomic E-state index is 0.360. The molecule has 2 fully saturated rings. The van der Waals surface area contributed by atoms with Crippen LogP contribution in [0.2, 0.25) is 0 Å². The van der Waals surface area contributed by atoms with Crippen molar-refractivity contribution in [2.75, 3.05) is 23.8 Å². The maximum absolute atomic E-state index is 5.76. The van der Waals surface area contributed by atoms with E-state index in [0.717, 1.165) is 25.5 Å². The lowest BCUT2D eigenvalue weighted by Crippen LogP contribution is -2.49. The molecular weight excluding hydrogens is 204 g/mol. The number of ether oxygens (including phenoxy) is 1. The number of hydrogen-bond donors (Lipinski definition) is 1. The van der Waals surface area contributed by atoms with Crippen molar-refractivity contribution in [3.63, 3.8) is 0 Å². The van der Waals surface area contributed by atoms with E-state index in [4.69, 9.17) is 10.5 Å². The van der Waals surface area contributed by atoms with Gasteiger partial charge in [-0.2, -0.15) is 4.98 Å². The van der Waals surface area contributed by atoms with Gasteiger partial charge in [0.2, 0.25) is 5.95 Å². The summed E-state index contributed by atoms with van der Waals surface area (Å²) in [4.78, 5) is 10.8. The number of nitrogen functional groups attached to an aromatic ring is 1. The van der Waals surface area contributed by atoms with Gasteiger partial charge in [-0.1, -0.05) is 0 Å². The Morgan fingerprint density at radius 3 is 3.25 bits per heavy atom. The molecule has 2 atom stereocenters. The third kappa shape index (κ3) is 1.61. The molecule has 0 radical (unpaired) electrons. The first-order valence-electron chi connectivity index (χ1n) is 5.81. The molecule has 0 aromatic carbocycles. The maximum atomic E-state index is 5.76. The van der Waals surface area contributed by atoms with Crippen LogP contribution in [-0.2, 0) is 4.74 Å². The first kappa shape index (κ1) is 9.84. The molecule has 0 bridgehead atoms. The van der Waals surface area contributed by atoms with E-state index in [1.54, 1.807) is 12.3 Å². The van der Waals surface area contributed by atoms with Crippen molar-refractivity contribution in [1.82, 2.24) is 9.97 Å². The summed E-state index contributed by atoms with van der Waals surface area (Å²) < 4.78 is 5.76. The van der Waals surface area contributed by atoms with Crippen LogP contribution in [0.5, 0.6) is 0 Å². The lowest BCUT2D eigenvalue weighted by Gasteiger charge is -2.37. The Morgan fingerprint density at radius 2 is 2.38 bits per heavy atom. The fourth-order valence-electron chi connectivity index (χ4n) is 2.67. The largest absolute Gasteiger partial charge is 0.384 e. The van der Waals surface area contributed by atoms with E-state index in [2.05, 4.69) is 14.9 Å². The number of anilines is 2. The molecule has 1 aliphatic heterocycles. The van der Waals surface area contributed by atoms with Crippen molar-refractivity contribution >= 4 is 11.8 Å². The highest BCUT2D eigenvalue weighted by molar-refractivity contribution is 5.39. The summed E-state index contributed by atoms with van der Waals surface area (Å²) in [7, 11) is 0. The molecular formula is C11H16N4O. The van der Waals surface area contributed by atoms with Gasteiger partial charge < -0.3 is 15.4 Å². The van der Waals surface area contributed by atoms with Crippen LogP contribution in [0.4, 0.5) is 11.8 Å². The van der Waals surface area contributed by atoms with Crippen molar-refractivity contribution < 1.29 is 4.74 Å². The smallest absolute Gasteiger partial charge is 0.227 e. The average molecular weight is 220 g/mol. The molecule has 3 rings (SSSR count). The van der Waals surface area contributed by atoms with Gasteiger partial charge in [-0.25, -0.2) is 4.98 Å². The SMILES string of the molecule is Nc1ccnc(N2CCOC3CCCC32)n1. The normalized spacial score (nSPS) is 29.1. The highest BCUT2D eigenvalue weighted by Gasteiger charge is 2.37. The summed E-state index contributed by atoms with van der Waals surface area (Å²) in [5.41, 5.74) is 5.69. The van der Waals surface area contributed by atoms with Gasteiger partial charge in [-0.15, -0.1) is 0 Å². The predicted octanol–water partition coefficient (Wildman–Crippen LogP) is 0.816. The Balaban J connectivity index is 1.88. The van der Waals surface area contributed by atoms with Gasteiger partial charge in [-0.3, -0.25) is 0 Å². The van der Waals surface area contributed by atoms with Crippen LogP contribution >= 0.6 is 0 Å². The standard InChI is InChI=1S/C11H16N4O/c12-10-4-5-13-11(14-10)15-6-7-16-9-3-1-2-8(9)15/h4-5,8-9H,1-3,6-7H2,(H2,12,13,14). The Hall–Kier alpha value is -1.36. The van der Waals surface area contributed by atoms with Gasteiger partial charge in [0.15, 0.2) is 0 Å². The van der Waals surface area contributed by atoms with Gasteiger partial charge in [0, 0.05) is 12.7 Å². The zero-order valence-electron chi connectivity index (χ0n) is 9.17. The van der Waals surface area contributed by atoms with Gasteiger partial charge >= 0.3 is 0 Å². The summed E-state index contributed by atoms with van der Waals surface area (Å²) in [5, 5.41) is 0. The van der Waals surface area contributed by atoms with Gasteiger partial charge in [-0.05, 0) is 25.3 Å². The fraction of sp³-hybridized carbons (Fsp3) is 0.636. The molecule has 0 spiro atoms. The lowest BCUT2D eigenvalue weighted by atomic mass is 10.1. The fourth-order valence-corrected chi connectivity index (χ4v) is 2.67. The van der Waals surface area contributed by atoms with Crippen LogP contribution in [0.3, 0.4) is 0 Å². The third-order valence-corrected chi connectivity index (χ3v) is 3.40. The van der Waals surface area contributed by atoms with E-state index >= 15 is 0 Å². The second kappa shape index (κ2) is 3.90. The summed E-state index contributed by atoms with van der Waals surface area (Å²) in [6, 6.07) is 2.16. The number of hydrogen-bond acceptors (Lipinski definition) is 5. The molecule has 2 N–H and O–H groups in total. The Bertz CT molecular complexity index is 384. The molecule has 1 aliphatic carbocycles. The molecule has 1 saturated carbocycles. The van der Waals surface area contributed by atoms with E-state index in [9.17, 15) is 0 Å². The minimum absolute atomic E-state index is 0.360. The van der Waals surface area contributed by atoms with E-state index in [1.807, 2.05) is 0 Å². The number of morpholine rings is 1. The van der Waals surface area contributed by atoms with E-state index in [-0.39, 0.29) is 0 Å². The second-order valence-electron chi connectivity index (χ2n) is 4.38. The monoisotopic (exact) mass is 220 g/mol. The summed E-state index contributed by atoms with van der Waals surface area (Å²) >= 11 is 0. The molecule has 16 heavy (non-hydrogen) atoms. The van der Waals surface area contributed by atoms with Crippen LogP contribution in [0, 0.1) is 0 Å². The molecule has 5 heteroatoms. The first-order chi connectivity index (χ1) is 7.84. The summed E-state index contributed by atoms with van der Waals surface area (Å²) in [6.45, 7) is 1.63. The minimum Gasteiger partial charge on any atom is -0.384 e. The zero-order valence-corrected chi connectivity index (χ0v) is 9.17. The van der Waals surface area contributed by atoms with E-state index in [1.165, 1.54) is 12.8 Å². The summed E-state index contributed by atoms with van der Waals surface area (Å²) in [5.74, 6) is 1.28. The Kier molecular flexibility index (Phi) is 2.40. The first-order valence-corrected chi connectivity index (χ1v) is 5.81. The van der Waals surface area contributed by atoms with E-state index in [0.29, 0.717) is 18.0 Å². The van der Waals surface area contributed by atoms with Crippen LogP contribution < -0.4 is 10.6 Å². The molecule has 1 saturated heterocycles. The lowest BCUT2D eigenvalue weighted by molar-refractivity contribution is 0.0250. The molecule has 2 aliphatic rings. The zero-order chi connectivity index (χ0) is 11.0. The molecule has 1 aromatic rings.